The van der Waals surface area contributed by atoms with Crippen LogP contribution in [0.3, 0.4) is 0 Å². The van der Waals surface area contributed by atoms with Crippen molar-refractivity contribution in [3.8, 4) is 0 Å². The first kappa shape index (κ1) is 27.3. The Morgan fingerprint density at radius 3 is 2.54 bits per heavy atom. The molecule has 1 saturated heterocycles. The highest BCUT2D eigenvalue weighted by Gasteiger charge is 2.41. The zero-order valence-electron chi connectivity index (χ0n) is 22.9. The van der Waals surface area contributed by atoms with Crippen LogP contribution in [0, 0.1) is 29.6 Å². The van der Waals surface area contributed by atoms with E-state index in [1.165, 1.54) is 64.2 Å². The third-order valence-corrected chi connectivity index (χ3v) is 9.50. The van der Waals surface area contributed by atoms with Gasteiger partial charge in [-0.2, -0.15) is 5.06 Å². The van der Waals surface area contributed by atoms with Gasteiger partial charge in [-0.05, 0) is 70.4 Å². The molecule has 3 saturated carbocycles. The van der Waals surface area contributed by atoms with Crippen LogP contribution in [0.1, 0.15) is 89.9 Å². The monoisotopic (exact) mass is 491 g/mol. The molecule has 0 aromatic heterocycles. The number of likely N-dealkylation sites (N-methyl/N-ethyl adjacent to an activating group) is 1. The summed E-state index contributed by atoms with van der Waals surface area (Å²) in [6, 6.07) is 0.284. The molecule has 6 nitrogen and oxygen atoms in total. The minimum Gasteiger partial charge on any atom is -0.381 e. The number of nitrogens with zero attached hydrogens (tertiary/aromatic N) is 2. The van der Waals surface area contributed by atoms with Crippen molar-refractivity contribution >= 4 is 5.91 Å². The molecule has 0 aromatic carbocycles. The lowest BCUT2D eigenvalue weighted by Gasteiger charge is -2.44. The van der Waals surface area contributed by atoms with Gasteiger partial charge in [-0.1, -0.05) is 51.4 Å². The van der Waals surface area contributed by atoms with Crippen LogP contribution in [0.5, 0.6) is 0 Å². The second kappa shape index (κ2) is 13.7. The number of amides is 1. The summed E-state index contributed by atoms with van der Waals surface area (Å²) in [5.74, 6) is 3.02. The van der Waals surface area contributed by atoms with E-state index in [-0.39, 0.29) is 12.0 Å². The number of hydrogen-bond donors (Lipinski definition) is 1. The molecular formula is C29H53N3O3. The van der Waals surface area contributed by atoms with Gasteiger partial charge < -0.3 is 15.0 Å². The summed E-state index contributed by atoms with van der Waals surface area (Å²) < 4.78 is 6.18. The van der Waals surface area contributed by atoms with Crippen LogP contribution >= 0.6 is 0 Å². The van der Waals surface area contributed by atoms with E-state index in [2.05, 4.69) is 29.4 Å². The van der Waals surface area contributed by atoms with Crippen LogP contribution in [0.15, 0.2) is 0 Å². The average molecular weight is 492 g/mol. The number of hydroxylamine groups is 2. The van der Waals surface area contributed by atoms with Crippen molar-refractivity contribution < 1.29 is 14.4 Å². The molecule has 1 heterocycles. The summed E-state index contributed by atoms with van der Waals surface area (Å²) in [5, 5.41) is 5.71. The van der Waals surface area contributed by atoms with Crippen LogP contribution in [0.25, 0.3) is 0 Å². The number of nitrogens with one attached hydrogen (secondary N) is 1. The normalized spacial score (nSPS) is 34.2. The second-order valence-electron chi connectivity index (χ2n) is 12.5. The first-order valence-corrected chi connectivity index (χ1v) is 14.9. The largest absolute Gasteiger partial charge is 0.381 e. The van der Waals surface area contributed by atoms with Gasteiger partial charge in [0, 0.05) is 44.6 Å². The number of carbonyl (C=O) groups excluding carboxylic acids is 1. The Morgan fingerprint density at radius 2 is 1.83 bits per heavy atom. The number of carbonyl (C=O) groups is 1. The molecule has 0 radical (unpaired) electrons. The van der Waals surface area contributed by atoms with Crippen molar-refractivity contribution in [1.82, 2.24) is 15.3 Å². The highest BCUT2D eigenvalue weighted by atomic mass is 16.7. The van der Waals surface area contributed by atoms with E-state index < -0.39 is 0 Å². The van der Waals surface area contributed by atoms with E-state index in [4.69, 9.17) is 9.57 Å². The van der Waals surface area contributed by atoms with Crippen molar-refractivity contribution in [3.05, 3.63) is 0 Å². The van der Waals surface area contributed by atoms with E-state index in [1.54, 1.807) is 0 Å². The highest BCUT2D eigenvalue weighted by molar-refractivity contribution is 5.79. The molecule has 6 atom stereocenters. The molecule has 1 aliphatic heterocycles. The van der Waals surface area contributed by atoms with Crippen LogP contribution < -0.4 is 5.32 Å². The summed E-state index contributed by atoms with van der Waals surface area (Å²) in [7, 11) is 6.17. The molecule has 202 valence electrons. The number of methoxy groups -OCH3 is 1. The smallest absolute Gasteiger partial charge is 0.223 e. The predicted molar refractivity (Wildman–Crippen MR) is 141 cm³/mol. The molecular weight excluding hydrogens is 438 g/mol. The van der Waals surface area contributed by atoms with Gasteiger partial charge in [-0.25, -0.2) is 0 Å². The second-order valence-corrected chi connectivity index (χ2v) is 12.5. The van der Waals surface area contributed by atoms with E-state index >= 15 is 0 Å². The van der Waals surface area contributed by atoms with Crippen LogP contribution in [-0.2, 0) is 14.4 Å². The van der Waals surface area contributed by atoms with Gasteiger partial charge >= 0.3 is 0 Å². The fourth-order valence-corrected chi connectivity index (χ4v) is 7.88. The Morgan fingerprint density at radius 1 is 1.03 bits per heavy atom. The molecule has 4 fully saturated rings. The Labute approximate surface area is 214 Å². The summed E-state index contributed by atoms with van der Waals surface area (Å²) >= 11 is 0. The average Bonchev–Trinajstić information content (AvgIpc) is 3.37. The van der Waals surface area contributed by atoms with Gasteiger partial charge in [-0.3, -0.25) is 9.63 Å². The first-order valence-electron chi connectivity index (χ1n) is 14.9. The molecule has 0 aromatic rings. The molecule has 0 bridgehead atoms. The molecule has 1 N–H and O–H groups in total. The maximum absolute atomic E-state index is 13.5. The van der Waals surface area contributed by atoms with E-state index in [0.29, 0.717) is 29.8 Å². The highest BCUT2D eigenvalue weighted by Crippen LogP contribution is 2.43. The van der Waals surface area contributed by atoms with Crippen molar-refractivity contribution in [1.29, 1.82) is 0 Å². The predicted octanol–water partition coefficient (Wildman–Crippen LogP) is 4.88. The molecule has 6 heteroatoms. The first-order chi connectivity index (χ1) is 17.0. The molecule has 1 amide bonds. The quantitative estimate of drug-likeness (QED) is 0.472. The van der Waals surface area contributed by atoms with E-state index in [1.807, 2.05) is 7.11 Å². The molecule has 4 rings (SSSR count). The van der Waals surface area contributed by atoms with Crippen molar-refractivity contribution in [2.75, 3.05) is 47.4 Å². The van der Waals surface area contributed by atoms with Crippen LogP contribution in [0.2, 0.25) is 0 Å². The van der Waals surface area contributed by atoms with Crippen molar-refractivity contribution in [2.24, 2.45) is 29.6 Å². The fourth-order valence-electron chi connectivity index (χ4n) is 7.88. The number of rotatable bonds is 10. The Hall–Kier alpha value is -0.690. The van der Waals surface area contributed by atoms with Crippen LogP contribution in [-0.4, -0.2) is 75.5 Å². The van der Waals surface area contributed by atoms with Gasteiger partial charge in [0.25, 0.3) is 0 Å². The summed E-state index contributed by atoms with van der Waals surface area (Å²) in [4.78, 5) is 21.6. The topological polar surface area (TPSA) is 54.0 Å². The minimum absolute atomic E-state index is 0.171. The lowest BCUT2D eigenvalue weighted by molar-refractivity contribution is -0.144. The third-order valence-electron chi connectivity index (χ3n) is 9.50. The molecule has 35 heavy (non-hydrogen) atoms. The number of hydrogen-bond acceptors (Lipinski definition) is 5. The minimum atomic E-state index is 0.171. The zero-order valence-corrected chi connectivity index (χ0v) is 22.9. The lowest BCUT2D eigenvalue weighted by Crippen LogP contribution is -2.48. The summed E-state index contributed by atoms with van der Waals surface area (Å²) in [6.45, 7) is 3.87. The SMILES string of the molecule is COC1C(CN2CCCO2)CCCC1C1CCCC(C(=O)NC(CC2CCCCC2)CN(C)C)C1. The zero-order chi connectivity index (χ0) is 24.6. The van der Waals surface area contributed by atoms with E-state index in [9.17, 15) is 4.79 Å². The standard InChI is InChI=1S/C29H53N3O3/c1-31(2)21-26(18-22-10-5-4-6-11-22)30-29(33)24-13-7-12-23(19-24)27-15-8-14-25(28(27)34-3)20-32-16-9-17-35-32/h22-28H,4-21H2,1-3H3,(H,30,33). The maximum atomic E-state index is 13.5. The van der Waals surface area contributed by atoms with Gasteiger partial charge in [0.2, 0.25) is 5.91 Å². The van der Waals surface area contributed by atoms with Gasteiger partial charge in [0.15, 0.2) is 0 Å². The maximum Gasteiger partial charge on any atom is 0.223 e. The van der Waals surface area contributed by atoms with Crippen molar-refractivity contribution in [2.45, 2.75) is 102 Å². The van der Waals surface area contributed by atoms with Gasteiger partial charge in [-0.15, -0.1) is 0 Å². The van der Waals surface area contributed by atoms with Crippen molar-refractivity contribution in [3.63, 3.8) is 0 Å². The summed E-state index contributed by atoms with van der Waals surface area (Å²) in [6.07, 6.45) is 17.7. The van der Waals surface area contributed by atoms with Gasteiger partial charge in [0.1, 0.15) is 0 Å². The fraction of sp³-hybridized carbons (Fsp3) is 0.966. The van der Waals surface area contributed by atoms with Crippen LogP contribution in [0.4, 0.5) is 0 Å². The Kier molecular flexibility index (Phi) is 10.7. The summed E-state index contributed by atoms with van der Waals surface area (Å²) in [5.41, 5.74) is 0. The van der Waals surface area contributed by atoms with Gasteiger partial charge in [0.05, 0.1) is 12.7 Å². The molecule has 3 aliphatic carbocycles. The third kappa shape index (κ3) is 7.90. The number of ether oxygens (including phenoxy) is 1. The van der Waals surface area contributed by atoms with E-state index in [0.717, 1.165) is 57.8 Å². The molecule has 4 aliphatic rings. The lowest BCUT2D eigenvalue weighted by atomic mass is 9.66. The Balaban J connectivity index is 1.33. The molecule has 0 spiro atoms. The Bertz CT molecular complexity index is 633. The molecule has 6 unspecified atom stereocenters.